The van der Waals surface area contributed by atoms with Crippen LogP contribution in [0.1, 0.15) is 31.2 Å². The number of ether oxygens (including phenoxy) is 1. The number of hydrogen-bond donors (Lipinski definition) is 2. The Balaban J connectivity index is 1.78. The Morgan fingerprint density at radius 2 is 1.83 bits per heavy atom. The molecule has 2 rings (SSSR count). The molecule has 0 unspecified atom stereocenters. The normalized spacial score (nSPS) is 16.1. The van der Waals surface area contributed by atoms with Crippen molar-refractivity contribution in [3.8, 4) is 0 Å². The van der Waals surface area contributed by atoms with E-state index in [0.717, 1.165) is 63.4 Å². The van der Waals surface area contributed by atoms with Crippen LogP contribution in [-0.4, -0.2) is 84.1 Å². The number of aliphatic imine (C=N–C) groups is 1. The van der Waals surface area contributed by atoms with Crippen LogP contribution in [0.15, 0.2) is 34.2 Å². The highest BCUT2D eigenvalue weighted by Crippen LogP contribution is 2.20. The molecule has 1 aromatic carbocycles. The predicted octanol–water partition coefficient (Wildman–Crippen LogP) is 1.49. The molecule has 30 heavy (non-hydrogen) atoms. The number of nitrogens with zero attached hydrogens (tertiary/aromatic N) is 3. The monoisotopic (exact) mass is 439 g/mol. The zero-order chi connectivity index (χ0) is 21.8. The number of rotatable bonds is 11. The highest BCUT2D eigenvalue weighted by atomic mass is 32.2. The predicted molar refractivity (Wildman–Crippen MR) is 121 cm³/mol. The first kappa shape index (κ1) is 24.6. The van der Waals surface area contributed by atoms with Gasteiger partial charge in [-0.1, -0.05) is 18.6 Å². The Hall–Kier alpha value is -1.68. The van der Waals surface area contributed by atoms with E-state index in [1.54, 1.807) is 30.6 Å². The van der Waals surface area contributed by atoms with Crippen molar-refractivity contribution >= 4 is 16.0 Å². The number of methoxy groups -OCH3 is 1. The zero-order valence-corrected chi connectivity index (χ0v) is 19.4. The molecule has 8 nitrogen and oxygen atoms in total. The molecule has 0 spiro atoms. The number of hydrogen-bond acceptors (Lipinski definition) is 5. The molecule has 170 valence electrons. The molecule has 0 amide bonds. The van der Waals surface area contributed by atoms with E-state index in [2.05, 4.69) is 27.6 Å². The van der Waals surface area contributed by atoms with Crippen molar-refractivity contribution in [1.82, 2.24) is 19.8 Å². The lowest BCUT2D eigenvalue weighted by Crippen LogP contribution is -2.40. The van der Waals surface area contributed by atoms with Gasteiger partial charge in [-0.15, -0.1) is 0 Å². The number of nitrogens with one attached hydrogen (secondary N) is 2. The summed E-state index contributed by atoms with van der Waals surface area (Å²) in [6.45, 7) is 5.29. The summed E-state index contributed by atoms with van der Waals surface area (Å²) in [6.07, 6.45) is 4.01. The summed E-state index contributed by atoms with van der Waals surface area (Å²) in [7, 11) is 2.17. The van der Waals surface area contributed by atoms with Gasteiger partial charge in [-0.25, -0.2) is 8.42 Å². The summed E-state index contributed by atoms with van der Waals surface area (Å²) in [5.41, 5.74) is 1.01. The van der Waals surface area contributed by atoms with E-state index >= 15 is 0 Å². The van der Waals surface area contributed by atoms with Gasteiger partial charge in [0.1, 0.15) is 0 Å². The van der Waals surface area contributed by atoms with Crippen LogP contribution in [-0.2, 0) is 21.3 Å². The number of sulfonamides is 1. The molecule has 1 aromatic rings. The van der Waals surface area contributed by atoms with E-state index in [1.165, 1.54) is 0 Å². The topological polar surface area (TPSA) is 86.3 Å². The van der Waals surface area contributed by atoms with Gasteiger partial charge < -0.3 is 20.3 Å². The minimum atomic E-state index is -3.38. The second-order valence-corrected chi connectivity index (χ2v) is 9.55. The summed E-state index contributed by atoms with van der Waals surface area (Å²) in [6, 6.07) is 7.12. The van der Waals surface area contributed by atoms with Crippen LogP contribution in [0.5, 0.6) is 0 Å². The molecule has 1 saturated heterocycles. The largest absolute Gasteiger partial charge is 0.385 e. The molecule has 1 fully saturated rings. The Bertz CT molecular complexity index is 746. The second kappa shape index (κ2) is 12.9. The van der Waals surface area contributed by atoms with Crippen molar-refractivity contribution in [3.05, 3.63) is 29.8 Å². The maximum Gasteiger partial charge on any atom is 0.243 e. The Morgan fingerprint density at radius 3 is 2.47 bits per heavy atom. The van der Waals surface area contributed by atoms with E-state index in [4.69, 9.17) is 4.74 Å². The van der Waals surface area contributed by atoms with Crippen LogP contribution in [0.4, 0.5) is 0 Å². The molecule has 9 heteroatoms. The van der Waals surface area contributed by atoms with Crippen LogP contribution in [0.25, 0.3) is 0 Å². The summed E-state index contributed by atoms with van der Waals surface area (Å²) < 4.78 is 32.1. The van der Waals surface area contributed by atoms with Crippen LogP contribution in [0, 0.1) is 0 Å². The molecule has 0 bridgehead atoms. The van der Waals surface area contributed by atoms with Crippen molar-refractivity contribution in [2.24, 2.45) is 4.99 Å². The quantitative estimate of drug-likeness (QED) is 0.309. The van der Waals surface area contributed by atoms with Gasteiger partial charge in [-0.3, -0.25) is 4.99 Å². The van der Waals surface area contributed by atoms with Gasteiger partial charge in [0.05, 0.1) is 4.90 Å². The number of likely N-dealkylation sites (N-methyl/N-ethyl adjacent to an activating group) is 1. The van der Waals surface area contributed by atoms with E-state index < -0.39 is 10.0 Å². The number of benzene rings is 1. The third kappa shape index (κ3) is 7.86. The van der Waals surface area contributed by atoms with E-state index in [0.29, 0.717) is 24.5 Å². The smallest absolute Gasteiger partial charge is 0.243 e. The van der Waals surface area contributed by atoms with Crippen molar-refractivity contribution in [2.75, 3.05) is 60.5 Å². The van der Waals surface area contributed by atoms with E-state index in [-0.39, 0.29) is 0 Å². The minimum absolute atomic E-state index is 0.368. The first-order valence-corrected chi connectivity index (χ1v) is 12.1. The SMILES string of the molecule is CN=C(NCCN(C)CCCOC)NCc1ccc(S(=O)(=O)N2CCCCC2)cc1. The molecule has 1 heterocycles. The molecule has 0 atom stereocenters. The third-order valence-electron chi connectivity index (χ3n) is 5.23. The molecular weight excluding hydrogens is 402 g/mol. The first-order chi connectivity index (χ1) is 14.5. The maximum absolute atomic E-state index is 12.7. The van der Waals surface area contributed by atoms with Gasteiger partial charge in [-0.05, 0) is 44.0 Å². The highest BCUT2D eigenvalue weighted by Gasteiger charge is 2.25. The molecule has 0 radical (unpaired) electrons. The van der Waals surface area contributed by atoms with Crippen molar-refractivity contribution < 1.29 is 13.2 Å². The van der Waals surface area contributed by atoms with Gasteiger partial charge >= 0.3 is 0 Å². The van der Waals surface area contributed by atoms with Gasteiger partial charge in [0.2, 0.25) is 10.0 Å². The summed E-state index contributed by atoms with van der Waals surface area (Å²) in [5.74, 6) is 0.727. The van der Waals surface area contributed by atoms with Crippen LogP contribution >= 0.6 is 0 Å². The lowest BCUT2D eigenvalue weighted by Gasteiger charge is -2.25. The molecular formula is C21H37N5O3S. The Kier molecular flexibility index (Phi) is 10.6. The molecule has 0 aliphatic carbocycles. The van der Waals surface area contributed by atoms with Crippen molar-refractivity contribution in [2.45, 2.75) is 37.1 Å². The average Bonchev–Trinajstić information content (AvgIpc) is 2.77. The van der Waals surface area contributed by atoms with E-state index in [9.17, 15) is 8.42 Å². The van der Waals surface area contributed by atoms with Gasteiger partial charge in [0.25, 0.3) is 0 Å². The molecule has 0 saturated carbocycles. The fourth-order valence-electron chi connectivity index (χ4n) is 3.40. The summed E-state index contributed by atoms with van der Waals surface area (Å²) in [4.78, 5) is 6.87. The number of piperidine rings is 1. The summed E-state index contributed by atoms with van der Waals surface area (Å²) in [5, 5.41) is 6.58. The van der Waals surface area contributed by atoms with Crippen LogP contribution < -0.4 is 10.6 Å². The Labute approximate surface area is 181 Å². The van der Waals surface area contributed by atoms with Crippen LogP contribution in [0.2, 0.25) is 0 Å². The van der Waals surface area contributed by atoms with E-state index in [1.807, 2.05) is 12.1 Å². The standard InChI is InChI=1S/C21H37N5O3S/c1-22-21(23-12-16-25(2)13-7-17-29-3)24-18-19-8-10-20(11-9-19)30(27,28)26-14-5-4-6-15-26/h8-11H,4-7,12-18H2,1-3H3,(H2,22,23,24). The van der Waals surface area contributed by atoms with Gasteiger partial charge in [0.15, 0.2) is 5.96 Å². The first-order valence-electron chi connectivity index (χ1n) is 10.7. The molecule has 0 aromatic heterocycles. The molecule has 1 aliphatic rings. The lowest BCUT2D eigenvalue weighted by atomic mass is 10.2. The maximum atomic E-state index is 12.7. The lowest BCUT2D eigenvalue weighted by molar-refractivity contribution is 0.180. The highest BCUT2D eigenvalue weighted by molar-refractivity contribution is 7.89. The fourth-order valence-corrected chi connectivity index (χ4v) is 4.91. The van der Waals surface area contributed by atoms with Gasteiger partial charge in [0, 0.05) is 60.0 Å². The third-order valence-corrected chi connectivity index (χ3v) is 7.15. The molecule has 1 aliphatic heterocycles. The van der Waals surface area contributed by atoms with Gasteiger partial charge in [-0.2, -0.15) is 4.31 Å². The Morgan fingerprint density at radius 1 is 1.13 bits per heavy atom. The van der Waals surface area contributed by atoms with Crippen molar-refractivity contribution in [1.29, 1.82) is 0 Å². The average molecular weight is 440 g/mol. The fraction of sp³-hybridized carbons (Fsp3) is 0.667. The zero-order valence-electron chi connectivity index (χ0n) is 18.6. The molecule has 2 N–H and O–H groups in total. The minimum Gasteiger partial charge on any atom is -0.385 e. The number of guanidine groups is 1. The second-order valence-electron chi connectivity index (χ2n) is 7.61. The van der Waals surface area contributed by atoms with Crippen LogP contribution in [0.3, 0.4) is 0 Å². The van der Waals surface area contributed by atoms with Crippen molar-refractivity contribution in [3.63, 3.8) is 0 Å². The summed E-state index contributed by atoms with van der Waals surface area (Å²) >= 11 is 0.